The Morgan fingerprint density at radius 2 is 2.11 bits per heavy atom. The minimum absolute atomic E-state index is 0.889. The number of nitrogens with zero attached hydrogens (tertiary/aromatic N) is 1. The van der Waals surface area contributed by atoms with Crippen LogP contribution in [-0.4, -0.2) is 13.1 Å². The van der Waals surface area contributed by atoms with Crippen LogP contribution in [0.1, 0.15) is 19.3 Å². The number of rotatable bonds is 2. The highest BCUT2D eigenvalue weighted by Crippen LogP contribution is 2.15. The highest BCUT2D eigenvalue weighted by molar-refractivity contribution is 4.76. The van der Waals surface area contributed by atoms with Crippen molar-refractivity contribution >= 4 is 0 Å². The summed E-state index contributed by atoms with van der Waals surface area (Å²) in [5.41, 5.74) is 0. The van der Waals surface area contributed by atoms with Crippen molar-refractivity contribution in [1.29, 1.82) is 0 Å². The molecule has 0 aromatic rings. The van der Waals surface area contributed by atoms with Crippen molar-refractivity contribution in [3.05, 3.63) is 12.7 Å². The van der Waals surface area contributed by atoms with E-state index in [-0.39, 0.29) is 0 Å². The first-order valence-corrected chi connectivity index (χ1v) is 3.67. The van der Waals surface area contributed by atoms with Crippen molar-refractivity contribution in [1.82, 2.24) is 5.32 Å². The quantitative estimate of drug-likeness (QED) is 0.496. The molecule has 1 radical (unpaired) electrons. The maximum absolute atomic E-state index is 4.28. The van der Waals surface area contributed by atoms with Gasteiger partial charge in [-0.1, -0.05) is 6.08 Å². The molecule has 0 unspecified atom stereocenters. The molecule has 0 aromatic carbocycles. The predicted octanol–water partition coefficient (Wildman–Crippen LogP) is 1.58. The summed E-state index contributed by atoms with van der Waals surface area (Å²) < 4.78 is 0. The molecule has 1 rings (SSSR count). The van der Waals surface area contributed by atoms with Crippen LogP contribution in [0.2, 0.25) is 0 Å². The van der Waals surface area contributed by atoms with Gasteiger partial charge in [0.05, 0.1) is 0 Å². The molecule has 1 aliphatic heterocycles. The fraction of sp³-hybridized carbons (Fsp3) is 0.750. The average Bonchev–Trinajstić information content (AvgIpc) is 1.91. The van der Waals surface area contributed by atoms with E-state index in [2.05, 4.69) is 11.9 Å². The zero-order chi connectivity index (χ0) is 6.53. The van der Waals surface area contributed by atoms with E-state index < -0.39 is 0 Å². The minimum Gasteiger partial charge on any atom is -0.242 e. The number of piperidine rings is 1. The monoisotopic (exact) mass is 124 g/mol. The molecule has 0 spiro atoms. The summed E-state index contributed by atoms with van der Waals surface area (Å²) in [5.74, 6) is 0.889. The number of hydrogen-bond acceptors (Lipinski definition) is 0. The van der Waals surface area contributed by atoms with E-state index >= 15 is 0 Å². The van der Waals surface area contributed by atoms with Gasteiger partial charge in [-0.15, -0.1) is 6.58 Å². The number of allylic oxidation sites excluding steroid dienone is 1. The summed E-state index contributed by atoms with van der Waals surface area (Å²) in [7, 11) is 0. The van der Waals surface area contributed by atoms with Gasteiger partial charge in [0.25, 0.3) is 0 Å². The van der Waals surface area contributed by atoms with Gasteiger partial charge < -0.3 is 0 Å². The third-order valence-electron chi connectivity index (χ3n) is 1.89. The molecule has 1 aliphatic rings. The first kappa shape index (κ1) is 6.81. The van der Waals surface area contributed by atoms with Gasteiger partial charge >= 0.3 is 0 Å². The van der Waals surface area contributed by atoms with Crippen LogP contribution in [0.15, 0.2) is 12.7 Å². The van der Waals surface area contributed by atoms with Crippen molar-refractivity contribution in [2.75, 3.05) is 13.1 Å². The fourth-order valence-electron chi connectivity index (χ4n) is 1.28. The van der Waals surface area contributed by atoms with E-state index in [0.717, 1.165) is 19.0 Å². The lowest BCUT2D eigenvalue weighted by Crippen LogP contribution is -2.21. The highest BCUT2D eigenvalue weighted by atomic mass is 14.9. The molecular formula is C8H14N. The Morgan fingerprint density at radius 3 is 2.67 bits per heavy atom. The Labute approximate surface area is 57.1 Å². The molecule has 51 valence electrons. The lowest BCUT2D eigenvalue weighted by atomic mass is 9.95. The van der Waals surface area contributed by atoms with Gasteiger partial charge in [0, 0.05) is 13.1 Å². The zero-order valence-electron chi connectivity index (χ0n) is 5.84. The Balaban J connectivity index is 2.15. The van der Waals surface area contributed by atoms with Gasteiger partial charge in [0.2, 0.25) is 0 Å². The molecule has 0 N–H and O–H groups in total. The van der Waals surface area contributed by atoms with Crippen LogP contribution >= 0.6 is 0 Å². The van der Waals surface area contributed by atoms with Crippen LogP contribution < -0.4 is 5.32 Å². The minimum atomic E-state index is 0.889. The van der Waals surface area contributed by atoms with Crippen molar-refractivity contribution in [2.24, 2.45) is 5.92 Å². The van der Waals surface area contributed by atoms with Crippen molar-refractivity contribution in [3.63, 3.8) is 0 Å². The molecule has 0 aliphatic carbocycles. The third kappa shape index (κ3) is 2.19. The standard InChI is InChI=1S/C8H14N/c1-2-3-8-4-6-9-7-5-8/h2,8H,1,3-7H2. The van der Waals surface area contributed by atoms with Crippen LogP contribution in [0.4, 0.5) is 0 Å². The van der Waals surface area contributed by atoms with Crippen LogP contribution in [0.25, 0.3) is 0 Å². The Morgan fingerprint density at radius 1 is 1.44 bits per heavy atom. The first-order chi connectivity index (χ1) is 4.43. The van der Waals surface area contributed by atoms with E-state index in [4.69, 9.17) is 0 Å². The summed E-state index contributed by atoms with van der Waals surface area (Å²) in [6.07, 6.45) is 5.78. The summed E-state index contributed by atoms with van der Waals surface area (Å²) in [4.78, 5) is 0. The second-order valence-corrected chi connectivity index (χ2v) is 2.64. The Hall–Kier alpha value is -0.300. The number of hydrogen-bond donors (Lipinski definition) is 0. The van der Waals surface area contributed by atoms with Crippen molar-refractivity contribution in [2.45, 2.75) is 19.3 Å². The van der Waals surface area contributed by atoms with Gasteiger partial charge in [0.1, 0.15) is 0 Å². The molecule has 0 bridgehead atoms. The second kappa shape index (κ2) is 3.67. The topological polar surface area (TPSA) is 14.1 Å². The van der Waals surface area contributed by atoms with E-state index in [9.17, 15) is 0 Å². The molecule has 9 heavy (non-hydrogen) atoms. The van der Waals surface area contributed by atoms with E-state index in [1.165, 1.54) is 19.3 Å². The highest BCUT2D eigenvalue weighted by Gasteiger charge is 2.10. The molecule has 1 saturated heterocycles. The Bertz CT molecular complexity index is 82.6. The normalized spacial score (nSPS) is 21.8. The molecule has 0 amide bonds. The van der Waals surface area contributed by atoms with Gasteiger partial charge in [0.15, 0.2) is 0 Å². The van der Waals surface area contributed by atoms with Crippen LogP contribution in [0, 0.1) is 5.92 Å². The van der Waals surface area contributed by atoms with Gasteiger partial charge in [-0.05, 0) is 25.2 Å². The van der Waals surface area contributed by atoms with E-state index in [1.807, 2.05) is 6.08 Å². The smallest absolute Gasteiger partial charge is 0.0136 e. The van der Waals surface area contributed by atoms with E-state index in [0.29, 0.717) is 0 Å². The fourth-order valence-corrected chi connectivity index (χ4v) is 1.28. The lowest BCUT2D eigenvalue weighted by molar-refractivity contribution is 0.373. The molecule has 1 heterocycles. The van der Waals surface area contributed by atoms with Crippen LogP contribution in [0.5, 0.6) is 0 Å². The van der Waals surface area contributed by atoms with Crippen molar-refractivity contribution in [3.8, 4) is 0 Å². The third-order valence-corrected chi connectivity index (χ3v) is 1.89. The largest absolute Gasteiger partial charge is 0.242 e. The average molecular weight is 124 g/mol. The molecule has 0 atom stereocenters. The Kier molecular flexibility index (Phi) is 2.78. The second-order valence-electron chi connectivity index (χ2n) is 2.64. The maximum atomic E-state index is 4.28. The first-order valence-electron chi connectivity index (χ1n) is 3.67. The predicted molar refractivity (Wildman–Crippen MR) is 39.4 cm³/mol. The summed E-state index contributed by atoms with van der Waals surface area (Å²) in [6.45, 7) is 5.89. The van der Waals surface area contributed by atoms with Gasteiger partial charge in [-0.2, -0.15) is 0 Å². The summed E-state index contributed by atoms with van der Waals surface area (Å²) in [5, 5.41) is 4.28. The van der Waals surface area contributed by atoms with Gasteiger partial charge in [-0.3, -0.25) is 0 Å². The molecular weight excluding hydrogens is 110 g/mol. The lowest BCUT2D eigenvalue weighted by Gasteiger charge is -2.19. The van der Waals surface area contributed by atoms with Crippen molar-refractivity contribution < 1.29 is 0 Å². The van der Waals surface area contributed by atoms with Gasteiger partial charge in [-0.25, -0.2) is 5.32 Å². The summed E-state index contributed by atoms with van der Waals surface area (Å²) in [6, 6.07) is 0. The molecule has 1 heteroatoms. The maximum Gasteiger partial charge on any atom is 0.0136 e. The molecule has 0 aromatic heterocycles. The van der Waals surface area contributed by atoms with Crippen LogP contribution in [-0.2, 0) is 0 Å². The molecule has 1 nitrogen and oxygen atoms in total. The zero-order valence-corrected chi connectivity index (χ0v) is 5.84. The van der Waals surface area contributed by atoms with E-state index in [1.54, 1.807) is 0 Å². The van der Waals surface area contributed by atoms with Crippen LogP contribution in [0.3, 0.4) is 0 Å². The molecule has 1 fully saturated rings. The summed E-state index contributed by atoms with van der Waals surface area (Å²) >= 11 is 0. The molecule has 0 saturated carbocycles. The SMILES string of the molecule is C=CCC1CC[N]CC1.